The second kappa shape index (κ2) is 8.09. The molecule has 0 radical (unpaired) electrons. The topological polar surface area (TPSA) is 92.8 Å². The van der Waals surface area contributed by atoms with E-state index in [1.165, 1.54) is 22.9 Å². The molecule has 1 aliphatic heterocycles. The molecule has 1 aromatic carbocycles. The van der Waals surface area contributed by atoms with E-state index in [0.29, 0.717) is 30.6 Å². The first-order valence-electron chi connectivity index (χ1n) is 11.4. The van der Waals surface area contributed by atoms with Crippen molar-refractivity contribution in [3.05, 3.63) is 24.3 Å². The first-order chi connectivity index (χ1) is 15.2. The van der Waals surface area contributed by atoms with Gasteiger partial charge in [-0.1, -0.05) is 22.0 Å². The van der Waals surface area contributed by atoms with Crippen molar-refractivity contribution < 1.29 is 22.7 Å². The third-order valence-corrected chi connectivity index (χ3v) is 10.4. The molecule has 7 nitrogen and oxygen atoms in total. The Hall–Kier alpha value is -1.45. The SMILES string of the molecule is O=C(COC(=O)C12C[C@H]3C[C@@H](CC(Br)(C3)C1)C2)Nc1cccc(S(=O)(=O)N2CCCC2)c1. The molecule has 4 saturated carbocycles. The average Bonchev–Trinajstić information content (AvgIpc) is 3.26. The number of carbonyl (C=O) groups is 2. The van der Waals surface area contributed by atoms with Crippen LogP contribution in [0, 0.1) is 17.3 Å². The molecule has 32 heavy (non-hydrogen) atoms. The fourth-order valence-corrected chi connectivity index (χ4v) is 9.70. The lowest BCUT2D eigenvalue weighted by Gasteiger charge is -2.58. The monoisotopic (exact) mass is 524 g/mol. The number of hydrogen-bond acceptors (Lipinski definition) is 5. The molecule has 1 aromatic rings. The summed E-state index contributed by atoms with van der Waals surface area (Å²) in [4.78, 5) is 25.6. The lowest BCUT2D eigenvalue weighted by atomic mass is 9.49. The van der Waals surface area contributed by atoms with Gasteiger partial charge in [0.15, 0.2) is 6.61 Å². The highest BCUT2D eigenvalue weighted by atomic mass is 79.9. The van der Waals surface area contributed by atoms with Crippen LogP contribution in [0.15, 0.2) is 29.2 Å². The minimum Gasteiger partial charge on any atom is -0.455 e. The molecule has 5 aliphatic rings. The summed E-state index contributed by atoms with van der Waals surface area (Å²) in [6, 6.07) is 6.24. The van der Waals surface area contributed by atoms with Gasteiger partial charge in [0.1, 0.15) is 0 Å². The number of sulfonamides is 1. The van der Waals surface area contributed by atoms with Crippen LogP contribution in [0.3, 0.4) is 0 Å². The van der Waals surface area contributed by atoms with Crippen molar-refractivity contribution in [1.29, 1.82) is 0 Å². The maximum atomic E-state index is 13.0. The zero-order chi connectivity index (χ0) is 22.6. The summed E-state index contributed by atoms with van der Waals surface area (Å²) >= 11 is 3.89. The van der Waals surface area contributed by atoms with Crippen molar-refractivity contribution >= 4 is 43.5 Å². The molecule has 1 heterocycles. The van der Waals surface area contributed by atoms with E-state index in [1.807, 2.05) is 0 Å². The van der Waals surface area contributed by atoms with E-state index in [0.717, 1.165) is 44.9 Å². The van der Waals surface area contributed by atoms with E-state index in [4.69, 9.17) is 4.74 Å². The van der Waals surface area contributed by atoms with Crippen LogP contribution in [-0.4, -0.2) is 48.6 Å². The number of nitrogens with zero attached hydrogens (tertiary/aromatic N) is 1. The smallest absolute Gasteiger partial charge is 0.312 e. The Labute approximate surface area is 197 Å². The zero-order valence-corrected chi connectivity index (χ0v) is 20.4. The van der Waals surface area contributed by atoms with Gasteiger partial charge in [0.2, 0.25) is 10.0 Å². The maximum Gasteiger partial charge on any atom is 0.312 e. The fourth-order valence-electron chi connectivity index (χ4n) is 6.68. The number of rotatable bonds is 6. The maximum absolute atomic E-state index is 13.0. The van der Waals surface area contributed by atoms with Gasteiger partial charge >= 0.3 is 5.97 Å². The molecule has 1 saturated heterocycles. The van der Waals surface area contributed by atoms with E-state index >= 15 is 0 Å². The molecule has 6 rings (SSSR count). The Kier molecular flexibility index (Phi) is 5.65. The summed E-state index contributed by atoms with van der Waals surface area (Å²) in [5.41, 5.74) is -0.0991. The summed E-state index contributed by atoms with van der Waals surface area (Å²) < 4.78 is 32.5. The number of carbonyl (C=O) groups excluding carboxylic acids is 2. The third kappa shape index (κ3) is 4.12. The Morgan fingerprint density at radius 1 is 1.12 bits per heavy atom. The van der Waals surface area contributed by atoms with E-state index in [-0.39, 0.29) is 21.8 Å². The van der Waals surface area contributed by atoms with Crippen molar-refractivity contribution in [2.24, 2.45) is 17.3 Å². The molecule has 4 aliphatic carbocycles. The highest BCUT2D eigenvalue weighted by Gasteiger charge is 2.60. The molecule has 2 atom stereocenters. The lowest BCUT2D eigenvalue weighted by molar-refractivity contribution is -0.170. The van der Waals surface area contributed by atoms with E-state index < -0.39 is 21.3 Å². The van der Waals surface area contributed by atoms with Crippen molar-refractivity contribution in [1.82, 2.24) is 4.31 Å². The molecule has 174 valence electrons. The molecule has 0 spiro atoms. The summed E-state index contributed by atoms with van der Waals surface area (Å²) in [5.74, 6) is 0.373. The number of alkyl halides is 1. The van der Waals surface area contributed by atoms with Crippen LogP contribution in [0.4, 0.5) is 5.69 Å². The van der Waals surface area contributed by atoms with Gasteiger partial charge in [-0.05, 0) is 81.4 Å². The van der Waals surface area contributed by atoms with Gasteiger partial charge in [0.05, 0.1) is 10.3 Å². The van der Waals surface area contributed by atoms with Crippen LogP contribution in [0.2, 0.25) is 0 Å². The molecule has 0 aromatic heterocycles. The van der Waals surface area contributed by atoms with Gasteiger partial charge in [-0.3, -0.25) is 9.59 Å². The van der Waals surface area contributed by atoms with Crippen LogP contribution >= 0.6 is 15.9 Å². The summed E-state index contributed by atoms with van der Waals surface area (Å²) in [5, 5.41) is 2.67. The number of esters is 1. The minimum atomic E-state index is -3.56. The van der Waals surface area contributed by atoms with Gasteiger partial charge in [-0.15, -0.1) is 0 Å². The van der Waals surface area contributed by atoms with Crippen molar-refractivity contribution in [3.63, 3.8) is 0 Å². The Morgan fingerprint density at radius 2 is 1.81 bits per heavy atom. The predicted molar refractivity (Wildman–Crippen MR) is 123 cm³/mol. The average molecular weight is 525 g/mol. The van der Waals surface area contributed by atoms with Crippen LogP contribution < -0.4 is 5.32 Å². The summed E-state index contributed by atoms with van der Waals surface area (Å²) in [7, 11) is -3.56. The van der Waals surface area contributed by atoms with Gasteiger partial charge < -0.3 is 10.1 Å². The number of hydrogen-bond donors (Lipinski definition) is 1. The Bertz CT molecular complexity index is 1020. The van der Waals surface area contributed by atoms with Crippen LogP contribution in [0.25, 0.3) is 0 Å². The predicted octanol–water partition coefficient (Wildman–Crippen LogP) is 3.69. The quantitative estimate of drug-likeness (QED) is 0.452. The van der Waals surface area contributed by atoms with Crippen molar-refractivity contribution in [3.8, 4) is 0 Å². The second-order valence-electron chi connectivity index (χ2n) is 10.2. The lowest BCUT2D eigenvalue weighted by Crippen LogP contribution is -2.56. The normalized spacial score (nSPS) is 33.9. The third-order valence-electron chi connectivity index (χ3n) is 7.58. The number of benzene rings is 1. The number of halogens is 1. The molecular weight excluding hydrogens is 496 g/mol. The first kappa shape index (κ1) is 22.3. The number of anilines is 1. The molecule has 1 amide bonds. The van der Waals surface area contributed by atoms with Crippen LogP contribution in [0.1, 0.15) is 51.4 Å². The number of ether oxygens (including phenoxy) is 1. The Balaban J connectivity index is 1.20. The van der Waals surface area contributed by atoms with Crippen molar-refractivity contribution in [2.45, 2.75) is 60.6 Å². The van der Waals surface area contributed by atoms with Gasteiger partial charge in [0.25, 0.3) is 5.91 Å². The molecule has 4 bridgehead atoms. The molecule has 1 N–H and O–H groups in total. The van der Waals surface area contributed by atoms with E-state index in [9.17, 15) is 18.0 Å². The summed E-state index contributed by atoms with van der Waals surface area (Å²) in [6.07, 6.45) is 7.65. The van der Waals surface area contributed by atoms with Gasteiger partial charge in [-0.25, -0.2) is 8.42 Å². The first-order valence-corrected chi connectivity index (χ1v) is 13.7. The van der Waals surface area contributed by atoms with Gasteiger partial charge in [0, 0.05) is 23.1 Å². The van der Waals surface area contributed by atoms with E-state index in [2.05, 4.69) is 21.2 Å². The summed E-state index contributed by atoms with van der Waals surface area (Å²) in [6.45, 7) is 0.677. The molecule has 5 fully saturated rings. The van der Waals surface area contributed by atoms with Crippen LogP contribution in [-0.2, 0) is 24.3 Å². The van der Waals surface area contributed by atoms with Crippen molar-refractivity contribution in [2.75, 3.05) is 25.0 Å². The second-order valence-corrected chi connectivity index (χ2v) is 13.8. The largest absolute Gasteiger partial charge is 0.455 e. The fraction of sp³-hybridized carbons (Fsp3) is 0.652. The van der Waals surface area contributed by atoms with Crippen LogP contribution in [0.5, 0.6) is 0 Å². The molecule has 9 heteroatoms. The number of amides is 1. The highest BCUT2D eigenvalue weighted by Crippen LogP contribution is 2.64. The molecule has 0 unspecified atom stereocenters. The number of nitrogens with one attached hydrogen (secondary N) is 1. The minimum absolute atomic E-state index is 0.0413. The Morgan fingerprint density at radius 3 is 2.47 bits per heavy atom. The standard InChI is InChI=1S/C23H29BrN2O5S/c24-23-12-16-8-17(13-23)11-22(10-16,15-23)21(28)31-14-20(27)25-18-4-3-5-19(9-18)32(29,30)26-6-1-2-7-26/h3-5,9,16-17H,1-2,6-8,10-15H2,(H,25,27)/t16-,17-,22?,23?/m1/s1. The van der Waals surface area contributed by atoms with Gasteiger partial charge in [-0.2, -0.15) is 4.31 Å². The highest BCUT2D eigenvalue weighted by molar-refractivity contribution is 9.10. The van der Waals surface area contributed by atoms with E-state index in [1.54, 1.807) is 12.1 Å². The zero-order valence-electron chi connectivity index (χ0n) is 18.0. The molecular formula is C23H29BrN2O5S.